The molecule has 0 bridgehead atoms. The van der Waals surface area contributed by atoms with Crippen molar-refractivity contribution in [3.05, 3.63) is 83.9 Å². The zero-order valence-electron chi connectivity index (χ0n) is 17.8. The first-order chi connectivity index (χ1) is 15.2. The molecule has 1 amide bonds. The van der Waals surface area contributed by atoms with Crippen LogP contribution in [0.25, 0.3) is 11.1 Å². The standard InChI is InChI=1S/C26H27N3O2/c1-28(26-23-8-4-2-6-21(23)22-7-3-5-9-24(22)26)18-25(30)27-19-10-12-20(13-11-19)29-14-16-31-17-15-29/h2-13,26H,14-18H2,1H3,(H,27,30). The second-order valence-electron chi connectivity index (χ2n) is 8.19. The van der Waals surface area contributed by atoms with Crippen molar-refractivity contribution in [1.82, 2.24) is 4.90 Å². The van der Waals surface area contributed by atoms with Gasteiger partial charge in [-0.2, -0.15) is 0 Å². The van der Waals surface area contributed by atoms with Crippen LogP contribution >= 0.6 is 0 Å². The van der Waals surface area contributed by atoms with Crippen molar-refractivity contribution < 1.29 is 9.53 Å². The first-order valence-electron chi connectivity index (χ1n) is 10.8. The van der Waals surface area contributed by atoms with Gasteiger partial charge in [0, 0.05) is 24.5 Å². The van der Waals surface area contributed by atoms with Crippen LogP contribution < -0.4 is 10.2 Å². The fourth-order valence-corrected chi connectivity index (χ4v) is 4.70. The van der Waals surface area contributed by atoms with E-state index in [1.807, 2.05) is 19.2 Å². The summed E-state index contributed by atoms with van der Waals surface area (Å²) in [6.07, 6.45) is 0. The molecule has 5 rings (SSSR count). The summed E-state index contributed by atoms with van der Waals surface area (Å²) in [5.41, 5.74) is 7.02. The van der Waals surface area contributed by atoms with Gasteiger partial charge in [-0.3, -0.25) is 9.69 Å². The number of ether oxygens (including phenoxy) is 1. The third kappa shape index (κ3) is 3.94. The first kappa shape index (κ1) is 19.8. The first-order valence-corrected chi connectivity index (χ1v) is 10.8. The highest BCUT2D eigenvalue weighted by molar-refractivity contribution is 5.92. The molecule has 0 aromatic heterocycles. The minimum Gasteiger partial charge on any atom is -0.378 e. The Morgan fingerprint density at radius 1 is 0.935 bits per heavy atom. The Labute approximate surface area is 183 Å². The Hall–Kier alpha value is -3.15. The highest BCUT2D eigenvalue weighted by atomic mass is 16.5. The van der Waals surface area contributed by atoms with Gasteiger partial charge in [0.25, 0.3) is 0 Å². The molecule has 0 atom stereocenters. The summed E-state index contributed by atoms with van der Waals surface area (Å²) in [7, 11) is 2.02. The lowest BCUT2D eigenvalue weighted by molar-refractivity contribution is -0.117. The lowest BCUT2D eigenvalue weighted by Crippen LogP contribution is -2.36. The summed E-state index contributed by atoms with van der Waals surface area (Å²) in [6, 6.07) is 25.1. The van der Waals surface area contributed by atoms with Crippen LogP contribution in [0.5, 0.6) is 0 Å². The van der Waals surface area contributed by atoms with Crippen LogP contribution in [-0.2, 0) is 9.53 Å². The zero-order chi connectivity index (χ0) is 21.2. The third-order valence-electron chi connectivity index (χ3n) is 6.16. The molecule has 1 fully saturated rings. The number of amides is 1. The van der Waals surface area contributed by atoms with Crippen LogP contribution in [0.1, 0.15) is 17.2 Å². The monoisotopic (exact) mass is 413 g/mol. The number of nitrogens with one attached hydrogen (secondary N) is 1. The van der Waals surface area contributed by atoms with Crippen LogP contribution in [0.4, 0.5) is 11.4 Å². The van der Waals surface area contributed by atoms with E-state index >= 15 is 0 Å². The number of benzene rings is 3. The van der Waals surface area contributed by atoms with E-state index in [2.05, 4.69) is 75.8 Å². The fraction of sp³-hybridized carbons (Fsp3) is 0.269. The van der Waals surface area contributed by atoms with E-state index in [9.17, 15) is 4.79 Å². The molecule has 1 N–H and O–H groups in total. The number of nitrogens with zero attached hydrogens (tertiary/aromatic N) is 2. The molecule has 0 spiro atoms. The molecule has 0 saturated carbocycles. The molecule has 5 nitrogen and oxygen atoms in total. The number of anilines is 2. The van der Waals surface area contributed by atoms with Crippen LogP contribution in [0.2, 0.25) is 0 Å². The molecule has 1 aliphatic heterocycles. The van der Waals surface area contributed by atoms with E-state index in [0.717, 1.165) is 37.7 Å². The van der Waals surface area contributed by atoms with Crippen molar-refractivity contribution in [2.45, 2.75) is 6.04 Å². The normalized spacial score (nSPS) is 15.6. The van der Waals surface area contributed by atoms with E-state index in [-0.39, 0.29) is 11.9 Å². The Bertz CT molecular complexity index is 1030. The van der Waals surface area contributed by atoms with Gasteiger partial charge in [0.1, 0.15) is 0 Å². The Kier molecular flexibility index (Phi) is 5.45. The number of hydrogen-bond donors (Lipinski definition) is 1. The van der Waals surface area contributed by atoms with Gasteiger partial charge in [-0.15, -0.1) is 0 Å². The average Bonchev–Trinajstić information content (AvgIpc) is 3.15. The molecule has 1 aliphatic carbocycles. The van der Waals surface area contributed by atoms with E-state index < -0.39 is 0 Å². The predicted octanol–water partition coefficient (Wildman–Crippen LogP) is 4.16. The second kappa shape index (κ2) is 8.53. The molecule has 3 aromatic rings. The number of carbonyl (C=O) groups is 1. The summed E-state index contributed by atoms with van der Waals surface area (Å²) in [5.74, 6) is -0.0107. The highest BCUT2D eigenvalue weighted by Gasteiger charge is 2.31. The van der Waals surface area contributed by atoms with Gasteiger partial charge in [-0.1, -0.05) is 48.5 Å². The number of morpholine rings is 1. The molecular weight excluding hydrogens is 386 g/mol. The maximum atomic E-state index is 12.8. The Balaban J connectivity index is 1.27. The van der Waals surface area contributed by atoms with Crippen molar-refractivity contribution in [3.63, 3.8) is 0 Å². The summed E-state index contributed by atoms with van der Waals surface area (Å²) < 4.78 is 5.42. The van der Waals surface area contributed by atoms with Gasteiger partial charge in [-0.05, 0) is 53.6 Å². The minimum absolute atomic E-state index is 0.0107. The molecule has 1 heterocycles. The Morgan fingerprint density at radius 2 is 1.52 bits per heavy atom. The number of hydrogen-bond acceptors (Lipinski definition) is 4. The summed E-state index contributed by atoms with van der Waals surface area (Å²) in [4.78, 5) is 17.2. The average molecular weight is 414 g/mol. The van der Waals surface area contributed by atoms with Crippen LogP contribution in [0, 0.1) is 0 Å². The SMILES string of the molecule is CN(CC(=O)Nc1ccc(N2CCOCC2)cc1)C1c2ccccc2-c2ccccc21. The van der Waals surface area contributed by atoms with Crippen molar-refractivity contribution in [1.29, 1.82) is 0 Å². The minimum atomic E-state index is -0.0107. The maximum Gasteiger partial charge on any atom is 0.238 e. The topological polar surface area (TPSA) is 44.8 Å². The van der Waals surface area contributed by atoms with E-state index in [0.29, 0.717) is 6.54 Å². The molecule has 0 unspecified atom stereocenters. The maximum absolute atomic E-state index is 12.8. The predicted molar refractivity (Wildman–Crippen MR) is 124 cm³/mol. The molecule has 2 aliphatic rings. The van der Waals surface area contributed by atoms with Crippen molar-refractivity contribution in [2.75, 3.05) is 50.1 Å². The Morgan fingerprint density at radius 3 is 2.13 bits per heavy atom. The summed E-state index contributed by atoms with van der Waals surface area (Å²) in [6.45, 7) is 3.65. The number of rotatable bonds is 5. The summed E-state index contributed by atoms with van der Waals surface area (Å²) in [5, 5.41) is 3.05. The molecule has 0 radical (unpaired) electrons. The van der Waals surface area contributed by atoms with Gasteiger partial charge in [-0.25, -0.2) is 0 Å². The highest BCUT2D eigenvalue weighted by Crippen LogP contribution is 2.45. The third-order valence-corrected chi connectivity index (χ3v) is 6.16. The smallest absolute Gasteiger partial charge is 0.238 e. The van der Waals surface area contributed by atoms with Gasteiger partial charge in [0.05, 0.1) is 25.8 Å². The van der Waals surface area contributed by atoms with E-state index in [1.54, 1.807) is 0 Å². The number of likely N-dealkylation sites (N-methyl/N-ethyl adjacent to an activating group) is 1. The second-order valence-corrected chi connectivity index (χ2v) is 8.19. The van der Waals surface area contributed by atoms with Crippen molar-refractivity contribution in [2.24, 2.45) is 0 Å². The lowest BCUT2D eigenvalue weighted by Gasteiger charge is -2.29. The van der Waals surface area contributed by atoms with E-state index in [1.165, 1.54) is 22.3 Å². The lowest BCUT2D eigenvalue weighted by atomic mass is 10.0. The largest absolute Gasteiger partial charge is 0.378 e. The molecule has 5 heteroatoms. The number of carbonyl (C=O) groups excluding carboxylic acids is 1. The van der Waals surface area contributed by atoms with E-state index in [4.69, 9.17) is 4.74 Å². The van der Waals surface area contributed by atoms with Gasteiger partial charge in [0.2, 0.25) is 5.91 Å². The van der Waals surface area contributed by atoms with Gasteiger partial charge in [0.15, 0.2) is 0 Å². The molecular formula is C26H27N3O2. The van der Waals surface area contributed by atoms with Crippen LogP contribution in [0.3, 0.4) is 0 Å². The van der Waals surface area contributed by atoms with Crippen molar-refractivity contribution >= 4 is 17.3 Å². The number of fused-ring (bicyclic) bond motifs is 3. The molecule has 3 aromatic carbocycles. The van der Waals surface area contributed by atoms with Gasteiger partial charge < -0.3 is 15.0 Å². The summed E-state index contributed by atoms with van der Waals surface area (Å²) >= 11 is 0. The van der Waals surface area contributed by atoms with Crippen LogP contribution in [0.15, 0.2) is 72.8 Å². The zero-order valence-corrected chi connectivity index (χ0v) is 17.8. The van der Waals surface area contributed by atoms with Crippen LogP contribution in [-0.4, -0.2) is 50.7 Å². The van der Waals surface area contributed by atoms with Crippen molar-refractivity contribution in [3.8, 4) is 11.1 Å². The molecule has 1 saturated heterocycles. The molecule has 31 heavy (non-hydrogen) atoms. The molecule has 158 valence electrons. The quantitative estimate of drug-likeness (QED) is 0.682. The fourth-order valence-electron chi connectivity index (χ4n) is 4.70. The van der Waals surface area contributed by atoms with Gasteiger partial charge >= 0.3 is 0 Å².